The molecule has 3 unspecified atom stereocenters. The fraction of sp³-hybridized carbons (Fsp3) is 0.588. The zero-order valence-corrected chi connectivity index (χ0v) is 11.7. The van der Waals surface area contributed by atoms with Crippen LogP contribution in [0.1, 0.15) is 43.7 Å². The van der Waals surface area contributed by atoms with Crippen LogP contribution in [0.5, 0.6) is 5.75 Å². The number of rotatable bonds is 2. The number of para-hydroxylation sites is 1. The van der Waals surface area contributed by atoms with Gasteiger partial charge in [0.2, 0.25) is 5.91 Å². The van der Waals surface area contributed by atoms with Gasteiger partial charge in [0.25, 0.3) is 0 Å². The number of hydrogen-bond donors (Lipinski definition) is 1. The van der Waals surface area contributed by atoms with E-state index in [-0.39, 0.29) is 11.9 Å². The van der Waals surface area contributed by atoms with E-state index < -0.39 is 0 Å². The summed E-state index contributed by atoms with van der Waals surface area (Å²) in [5.74, 6) is 2.87. The highest BCUT2D eigenvalue weighted by Crippen LogP contribution is 2.55. The maximum Gasteiger partial charge on any atom is 0.224 e. The lowest BCUT2D eigenvalue weighted by Crippen LogP contribution is -2.33. The van der Waals surface area contributed by atoms with E-state index in [9.17, 15) is 4.79 Å². The number of nitrogens with one attached hydrogen (secondary N) is 1. The second kappa shape index (κ2) is 4.80. The van der Waals surface area contributed by atoms with Crippen LogP contribution in [0.2, 0.25) is 0 Å². The fourth-order valence-corrected chi connectivity index (χ4v) is 4.14. The molecule has 0 aromatic heterocycles. The number of carbonyl (C=O) groups is 1. The first-order valence-corrected chi connectivity index (χ1v) is 7.87. The van der Waals surface area contributed by atoms with E-state index in [4.69, 9.17) is 4.74 Å². The quantitative estimate of drug-likeness (QED) is 0.897. The van der Waals surface area contributed by atoms with Crippen molar-refractivity contribution in [3.63, 3.8) is 0 Å². The summed E-state index contributed by atoms with van der Waals surface area (Å²) in [6.45, 7) is 0.694. The third kappa shape index (κ3) is 2.00. The Morgan fingerprint density at radius 1 is 1.10 bits per heavy atom. The van der Waals surface area contributed by atoms with Crippen molar-refractivity contribution in [3.8, 4) is 5.75 Å². The Bertz CT molecular complexity index is 515. The minimum atomic E-state index is 0.134. The molecule has 3 aliphatic rings. The van der Waals surface area contributed by atoms with Crippen molar-refractivity contribution in [1.82, 2.24) is 5.32 Å². The minimum Gasteiger partial charge on any atom is -0.493 e. The molecule has 20 heavy (non-hydrogen) atoms. The third-order valence-corrected chi connectivity index (χ3v) is 5.23. The number of ether oxygens (including phenoxy) is 1. The normalized spacial score (nSPS) is 34.4. The Morgan fingerprint density at radius 3 is 2.65 bits per heavy atom. The molecule has 4 rings (SSSR count). The topological polar surface area (TPSA) is 38.3 Å². The number of benzene rings is 1. The Kier molecular flexibility index (Phi) is 2.94. The SMILES string of the molecule is O=C(NC1CCOc2ccccc21)C1C2CCCCC21. The molecule has 1 heterocycles. The van der Waals surface area contributed by atoms with Gasteiger partial charge in [-0.15, -0.1) is 0 Å². The molecule has 0 bridgehead atoms. The molecule has 1 amide bonds. The van der Waals surface area contributed by atoms with Crippen LogP contribution in [-0.2, 0) is 4.79 Å². The lowest BCUT2D eigenvalue weighted by atomic mass is 10.0. The van der Waals surface area contributed by atoms with Crippen LogP contribution in [0.25, 0.3) is 0 Å². The van der Waals surface area contributed by atoms with E-state index in [1.807, 2.05) is 18.2 Å². The smallest absolute Gasteiger partial charge is 0.224 e. The summed E-state index contributed by atoms with van der Waals surface area (Å²) in [4.78, 5) is 12.5. The van der Waals surface area contributed by atoms with Gasteiger partial charge >= 0.3 is 0 Å². The summed E-state index contributed by atoms with van der Waals surface area (Å²) in [6, 6.07) is 8.20. The first kappa shape index (κ1) is 12.2. The van der Waals surface area contributed by atoms with Gasteiger partial charge in [0.1, 0.15) is 5.75 Å². The molecule has 1 aromatic carbocycles. The summed E-state index contributed by atoms with van der Waals surface area (Å²) in [6.07, 6.45) is 6.02. The summed E-state index contributed by atoms with van der Waals surface area (Å²) < 4.78 is 5.65. The molecule has 1 aliphatic heterocycles. The Hall–Kier alpha value is -1.51. The van der Waals surface area contributed by atoms with Crippen LogP contribution in [-0.4, -0.2) is 12.5 Å². The molecular weight excluding hydrogens is 250 g/mol. The van der Waals surface area contributed by atoms with Gasteiger partial charge in [-0.1, -0.05) is 31.0 Å². The lowest BCUT2D eigenvalue weighted by Gasteiger charge is -2.26. The lowest BCUT2D eigenvalue weighted by molar-refractivity contribution is -0.123. The molecule has 1 N–H and O–H groups in total. The van der Waals surface area contributed by atoms with E-state index in [1.54, 1.807) is 0 Å². The zero-order valence-electron chi connectivity index (χ0n) is 11.7. The maximum absolute atomic E-state index is 12.5. The molecule has 0 spiro atoms. The molecule has 3 heteroatoms. The molecule has 2 saturated carbocycles. The van der Waals surface area contributed by atoms with E-state index in [0.717, 1.165) is 17.7 Å². The summed E-state index contributed by atoms with van der Waals surface area (Å²) in [5.41, 5.74) is 1.13. The Labute approximate surface area is 119 Å². The Balaban J connectivity index is 1.46. The van der Waals surface area contributed by atoms with Crippen LogP contribution >= 0.6 is 0 Å². The molecule has 0 radical (unpaired) electrons. The molecule has 0 saturated heterocycles. The van der Waals surface area contributed by atoms with Crippen LogP contribution in [0.4, 0.5) is 0 Å². The second-order valence-electron chi connectivity index (χ2n) is 6.37. The van der Waals surface area contributed by atoms with Gasteiger partial charge < -0.3 is 10.1 Å². The van der Waals surface area contributed by atoms with Gasteiger partial charge in [0.05, 0.1) is 12.6 Å². The van der Waals surface area contributed by atoms with Crippen molar-refractivity contribution in [1.29, 1.82) is 0 Å². The summed E-state index contributed by atoms with van der Waals surface area (Å²) >= 11 is 0. The first-order chi connectivity index (χ1) is 9.84. The molecule has 1 aromatic rings. The van der Waals surface area contributed by atoms with Crippen molar-refractivity contribution >= 4 is 5.91 Å². The van der Waals surface area contributed by atoms with Crippen molar-refractivity contribution in [2.75, 3.05) is 6.61 Å². The molecular formula is C17H21NO2. The molecule has 3 nitrogen and oxygen atoms in total. The average molecular weight is 271 g/mol. The standard InChI is InChI=1S/C17H21NO2/c19-17(16-11-5-1-2-6-12(11)16)18-14-9-10-20-15-8-4-3-7-13(14)15/h3-4,7-8,11-12,14,16H,1-2,5-6,9-10H2,(H,18,19). The van der Waals surface area contributed by atoms with Gasteiger partial charge in [-0.3, -0.25) is 4.79 Å². The monoisotopic (exact) mass is 271 g/mol. The van der Waals surface area contributed by atoms with Crippen molar-refractivity contribution in [2.45, 2.75) is 38.1 Å². The number of fused-ring (bicyclic) bond motifs is 2. The largest absolute Gasteiger partial charge is 0.493 e. The van der Waals surface area contributed by atoms with Crippen molar-refractivity contribution in [2.24, 2.45) is 17.8 Å². The fourth-order valence-electron chi connectivity index (χ4n) is 4.14. The van der Waals surface area contributed by atoms with Crippen molar-refractivity contribution < 1.29 is 9.53 Å². The number of hydrogen-bond acceptors (Lipinski definition) is 2. The molecule has 2 aliphatic carbocycles. The van der Waals surface area contributed by atoms with Crippen LogP contribution in [0.3, 0.4) is 0 Å². The van der Waals surface area contributed by atoms with E-state index in [0.29, 0.717) is 24.4 Å². The maximum atomic E-state index is 12.5. The molecule has 106 valence electrons. The minimum absolute atomic E-state index is 0.134. The van der Waals surface area contributed by atoms with Crippen LogP contribution in [0.15, 0.2) is 24.3 Å². The highest BCUT2D eigenvalue weighted by molar-refractivity contribution is 5.82. The second-order valence-corrected chi connectivity index (χ2v) is 6.37. The van der Waals surface area contributed by atoms with Gasteiger partial charge in [-0.25, -0.2) is 0 Å². The van der Waals surface area contributed by atoms with E-state index >= 15 is 0 Å². The predicted molar refractivity (Wildman–Crippen MR) is 76.4 cm³/mol. The van der Waals surface area contributed by atoms with E-state index in [1.165, 1.54) is 25.7 Å². The molecule has 3 atom stereocenters. The van der Waals surface area contributed by atoms with Gasteiger partial charge in [0, 0.05) is 17.9 Å². The predicted octanol–water partition coefficient (Wildman–Crippen LogP) is 3.06. The van der Waals surface area contributed by atoms with Gasteiger partial charge in [0.15, 0.2) is 0 Å². The average Bonchev–Trinajstić information content (AvgIpc) is 3.22. The zero-order chi connectivity index (χ0) is 13.5. The van der Waals surface area contributed by atoms with Crippen molar-refractivity contribution in [3.05, 3.63) is 29.8 Å². The molecule has 2 fully saturated rings. The van der Waals surface area contributed by atoms with E-state index in [2.05, 4.69) is 11.4 Å². The van der Waals surface area contributed by atoms with Gasteiger partial charge in [-0.2, -0.15) is 0 Å². The Morgan fingerprint density at radius 2 is 1.85 bits per heavy atom. The number of carbonyl (C=O) groups excluding carboxylic acids is 1. The van der Waals surface area contributed by atoms with Crippen LogP contribution < -0.4 is 10.1 Å². The third-order valence-electron chi connectivity index (χ3n) is 5.23. The summed E-state index contributed by atoms with van der Waals surface area (Å²) in [7, 11) is 0. The van der Waals surface area contributed by atoms with Gasteiger partial charge in [-0.05, 0) is 30.7 Å². The first-order valence-electron chi connectivity index (χ1n) is 7.87. The highest BCUT2D eigenvalue weighted by Gasteiger charge is 2.54. The van der Waals surface area contributed by atoms with Crippen LogP contribution in [0, 0.1) is 17.8 Å². The summed E-state index contributed by atoms with van der Waals surface area (Å²) in [5, 5.41) is 3.27. The highest BCUT2D eigenvalue weighted by atomic mass is 16.5. The number of amides is 1.